The van der Waals surface area contributed by atoms with Crippen LogP contribution in [0.4, 0.5) is 0 Å². The van der Waals surface area contributed by atoms with Crippen molar-refractivity contribution >= 4 is 12.3 Å². The summed E-state index contributed by atoms with van der Waals surface area (Å²) in [6, 6.07) is 1.73. The van der Waals surface area contributed by atoms with Gasteiger partial charge in [-0.3, -0.25) is 14.9 Å². The van der Waals surface area contributed by atoms with Gasteiger partial charge in [-0.05, 0) is 0 Å². The number of ether oxygens (including phenoxy) is 3. The van der Waals surface area contributed by atoms with Gasteiger partial charge in [-0.25, -0.2) is 0 Å². The molecule has 7 heteroatoms. The van der Waals surface area contributed by atoms with Gasteiger partial charge in [-0.2, -0.15) is 0 Å². The van der Waals surface area contributed by atoms with Crippen LogP contribution in [0.15, 0.2) is 12.3 Å². The maximum atomic E-state index is 11.1. The second-order valence-corrected chi connectivity index (χ2v) is 4.15. The van der Waals surface area contributed by atoms with E-state index in [4.69, 9.17) is 9.47 Å². The van der Waals surface area contributed by atoms with Gasteiger partial charge in [-0.1, -0.05) is 0 Å². The number of carbonyl (C=O) groups is 2. The van der Waals surface area contributed by atoms with E-state index in [-0.39, 0.29) is 18.5 Å². The number of methoxy groups -OCH3 is 1. The van der Waals surface area contributed by atoms with Crippen molar-refractivity contribution in [3.8, 4) is 5.75 Å². The van der Waals surface area contributed by atoms with E-state index in [0.29, 0.717) is 25.2 Å². The van der Waals surface area contributed by atoms with Gasteiger partial charge in [0.1, 0.15) is 18.5 Å². The fourth-order valence-corrected chi connectivity index (χ4v) is 1.75. The van der Waals surface area contributed by atoms with Crippen LogP contribution >= 0.6 is 0 Å². The van der Waals surface area contributed by atoms with Crippen molar-refractivity contribution < 1.29 is 23.8 Å². The van der Waals surface area contributed by atoms with Crippen LogP contribution in [0.5, 0.6) is 5.75 Å². The van der Waals surface area contributed by atoms with Crippen molar-refractivity contribution in [1.82, 2.24) is 10.3 Å². The maximum absolute atomic E-state index is 11.1. The summed E-state index contributed by atoms with van der Waals surface area (Å²) < 4.78 is 15.4. The minimum Gasteiger partial charge on any atom is -0.489 e. The lowest BCUT2D eigenvalue weighted by Gasteiger charge is -2.09. The number of H-pyrrole nitrogens is 1. The summed E-state index contributed by atoms with van der Waals surface area (Å²) in [5, 5.41) is 2.89. The highest BCUT2D eigenvalue weighted by atomic mass is 16.6. The van der Waals surface area contributed by atoms with E-state index in [0.717, 1.165) is 5.69 Å². The Hall–Kier alpha value is -1.86. The lowest BCUT2D eigenvalue weighted by Crippen LogP contribution is -2.23. The molecule has 0 saturated carbocycles. The molecular formula is C12H16N2O5. The molecule has 2 unspecified atom stereocenters. The zero-order valence-electron chi connectivity index (χ0n) is 10.5. The monoisotopic (exact) mass is 268 g/mol. The molecule has 0 aliphatic carbocycles. The van der Waals surface area contributed by atoms with E-state index in [1.54, 1.807) is 12.3 Å². The largest absolute Gasteiger partial charge is 0.489 e. The molecule has 1 aliphatic rings. The molecule has 104 valence electrons. The number of aromatic amines is 1. The molecule has 1 aromatic rings. The molecule has 1 aromatic heterocycles. The highest BCUT2D eigenvalue weighted by molar-refractivity contribution is 5.71. The first-order chi connectivity index (χ1) is 9.21. The maximum Gasteiger partial charge on any atom is 0.311 e. The molecular weight excluding hydrogens is 252 g/mol. The van der Waals surface area contributed by atoms with Crippen molar-refractivity contribution in [2.45, 2.75) is 18.8 Å². The number of hydrogen-bond acceptors (Lipinski definition) is 6. The highest BCUT2D eigenvalue weighted by Crippen LogP contribution is 2.14. The molecule has 1 saturated heterocycles. The third-order valence-electron chi connectivity index (χ3n) is 2.72. The second kappa shape index (κ2) is 6.35. The van der Waals surface area contributed by atoms with Gasteiger partial charge >= 0.3 is 5.97 Å². The van der Waals surface area contributed by atoms with E-state index in [1.807, 2.05) is 0 Å². The van der Waals surface area contributed by atoms with Gasteiger partial charge in [0.15, 0.2) is 12.5 Å². The van der Waals surface area contributed by atoms with Crippen molar-refractivity contribution in [3.63, 3.8) is 0 Å². The van der Waals surface area contributed by atoms with E-state index in [1.165, 1.54) is 7.11 Å². The Kier molecular flexibility index (Phi) is 4.53. The first-order valence-corrected chi connectivity index (χ1v) is 5.92. The standard InChI is InChI=1S/C12H16N2O5/c1-17-12(16)3-8-2-9(4-13-8)18-7-10-5-14-11(6-15)19-10/h2,4,6,10-11,13-14H,3,5,7H2,1H3. The first-order valence-electron chi connectivity index (χ1n) is 5.92. The third kappa shape index (κ3) is 3.80. The summed E-state index contributed by atoms with van der Waals surface area (Å²) in [6.45, 7) is 0.912. The molecule has 2 atom stereocenters. The fourth-order valence-electron chi connectivity index (χ4n) is 1.75. The van der Waals surface area contributed by atoms with Crippen molar-refractivity contribution in [1.29, 1.82) is 0 Å². The van der Waals surface area contributed by atoms with Crippen molar-refractivity contribution in [3.05, 3.63) is 18.0 Å². The third-order valence-corrected chi connectivity index (χ3v) is 2.72. The quantitative estimate of drug-likeness (QED) is 0.540. The Labute approximate surface area is 110 Å². The van der Waals surface area contributed by atoms with E-state index in [9.17, 15) is 9.59 Å². The molecule has 0 spiro atoms. The molecule has 0 amide bonds. The zero-order chi connectivity index (χ0) is 13.7. The molecule has 1 aliphatic heterocycles. The summed E-state index contributed by atoms with van der Waals surface area (Å²) in [5.41, 5.74) is 0.720. The Morgan fingerprint density at radius 3 is 3.16 bits per heavy atom. The van der Waals surface area contributed by atoms with Crippen LogP contribution in [0, 0.1) is 0 Å². The van der Waals surface area contributed by atoms with E-state index in [2.05, 4.69) is 15.0 Å². The summed E-state index contributed by atoms with van der Waals surface area (Å²) in [6.07, 6.45) is 1.85. The fraction of sp³-hybridized carbons (Fsp3) is 0.500. The van der Waals surface area contributed by atoms with Crippen LogP contribution in [0.1, 0.15) is 5.69 Å². The molecule has 2 rings (SSSR count). The van der Waals surface area contributed by atoms with Crippen LogP contribution in [-0.2, 0) is 25.5 Å². The molecule has 19 heavy (non-hydrogen) atoms. The minimum atomic E-state index is -0.547. The second-order valence-electron chi connectivity index (χ2n) is 4.15. The average Bonchev–Trinajstić information content (AvgIpc) is 3.05. The van der Waals surface area contributed by atoms with Crippen molar-refractivity contribution in [2.75, 3.05) is 20.3 Å². The lowest BCUT2D eigenvalue weighted by atomic mass is 10.3. The Morgan fingerprint density at radius 1 is 1.63 bits per heavy atom. The van der Waals surface area contributed by atoms with Gasteiger partial charge in [0.25, 0.3) is 0 Å². The van der Waals surface area contributed by atoms with Crippen molar-refractivity contribution in [2.24, 2.45) is 0 Å². The highest BCUT2D eigenvalue weighted by Gasteiger charge is 2.24. The van der Waals surface area contributed by atoms with Gasteiger partial charge in [0.2, 0.25) is 0 Å². The smallest absolute Gasteiger partial charge is 0.311 e. The van der Waals surface area contributed by atoms with Crippen LogP contribution in [0.3, 0.4) is 0 Å². The molecule has 0 aromatic carbocycles. The molecule has 0 radical (unpaired) electrons. The van der Waals surface area contributed by atoms with Crippen LogP contribution in [-0.4, -0.2) is 49.8 Å². The Morgan fingerprint density at radius 2 is 2.47 bits per heavy atom. The topological polar surface area (TPSA) is 89.7 Å². The first kappa shape index (κ1) is 13.6. The molecule has 7 nitrogen and oxygen atoms in total. The summed E-state index contributed by atoms with van der Waals surface area (Å²) >= 11 is 0. The number of esters is 1. The number of aromatic nitrogens is 1. The SMILES string of the molecule is COC(=O)Cc1cc(OCC2CNC(C=O)O2)c[nH]1. The lowest BCUT2D eigenvalue weighted by molar-refractivity contribution is -0.139. The van der Waals surface area contributed by atoms with E-state index >= 15 is 0 Å². The summed E-state index contributed by atoms with van der Waals surface area (Å²) in [7, 11) is 1.34. The summed E-state index contributed by atoms with van der Waals surface area (Å²) in [5.74, 6) is 0.308. The number of rotatable bonds is 6. The Balaban J connectivity index is 1.77. The average molecular weight is 268 g/mol. The summed E-state index contributed by atoms with van der Waals surface area (Å²) in [4.78, 5) is 24.5. The zero-order valence-corrected chi connectivity index (χ0v) is 10.5. The minimum absolute atomic E-state index is 0.158. The molecule has 2 heterocycles. The molecule has 2 N–H and O–H groups in total. The normalized spacial score (nSPS) is 22.2. The molecule has 0 bridgehead atoms. The van der Waals surface area contributed by atoms with Crippen LogP contribution < -0.4 is 10.1 Å². The van der Waals surface area contributed by atoms with Gasteiger partial charge in [0.05, 0.1) is 13.5 Å². The van der Waals surface area contributed by atoms with Gasteiger partial charge in [0, 0.05) is 24.5 Å². The van der Waals surface area contributed by atoms with E-state index < -0.39 is 6.23 Å². The van der Waals surface area contributed by atoms with Gasteiger partial charge in [-0.15, -0.1) is 0 Å². The number of hydrogen-bond donors (Lipinski definition) is 2. The Bertz CT molecular complexity index is 445. The van der Waals surface area contributed by atoms with Gasteiger partial charge < -0.3 is 19.2 Å². The number of carbonyl (C=O) groups excluding carboxylic acids is 2. The molecule has 1 fully saturated rings. The van der Waals surface area contributed by atoms with Crippen LogP contribution in [0.2, 0.25) is 0 Å². The number of aldehydes is 1. The predicted octanol–water partition coefficient (Wildman–Crippen LogP) is -0.378. The predicted molar refractivity (Wildman–Crippen MR) is 64.7 cm³/mol. The number of nitrogens with one attached hydrogen (secondary N) is 2. The van der Waals surface area contributed by atoms with Crippen LogP contribution in [0.25, 0.3) is 0 Å².